The minimum atomic E-state index is -1.48. The van der Waals surface area contributed by atoms with Crippen LogP contribution in [0.1, 0.15) is 102 Å². The minimum Gasteiger partial charge on any atom is -0.545 e. The van der Waals surface area contributed by atoms with Crippen LogP contribution in [0.25, 0.3) is 0 Å². The van der Waals surface area contributed by atoms with Crippen molar-refractivity contribution in [3.05, 3.63) is 43.9 Å². The SMILES string of the molecule is O=C(O)CC[C@H](NC(=O)N[C@@H](CCCCNC(=O)CCCCCCCCCCN(Cc1nccn1CC(=O)O)Cc1nccn1CC(=O)O)C(=O)O)C(=O)O.[CH-]=O.[CH-]=O.[CH3-].[Re]. The molecule has 1 radical (unpaired) electrons. The van der Waals surface area contributed by atoms with E-state index in [1.807, 2.05) is 0 Å². The molecule has 0 aliphatic rings. The van der Waals surface area contributed by atoms with Gasteiger partial charge in [-0.15, -0.1) is 0 Å². The Morgan fingerprint density at radius 3 is 1.49 bits per heavy atom. The Labute approximate surface area is 368 Å². The van der Waals surface area contributed by atoms with Gasteiger partial charge in [-0.05, 0) is 45.1 Å². The van der Waals surface area contributed by atoms with Crippen molar-refractivity contribution < 1.29 is 89.1 Å². The number of aliphatic carboxylic acids is 5. The Morgan fingerprint density at radius 2 is 1.05 bits per heavy atom. The number of unbranched alkanes of at least 4 members (excludes halogenated alkanes) is 8. The average Bonchev–Trinajstić information content (AvgIpc) is 3.81. The van der Waals surface area contributed by atoms with Crippen molar-refractivity contribution >= 4 is 55.4 Å². The molecule has 0 fully saturated rings. The molecule has 0 aliphatic heterocycles. The normalized spacial score (nSPS) is 11.1. The van der Waals surface area contributed by atoms with Gasteiger partial charge in [0.15, 0.2) is 0 Å². The van der Waals surface area contributed by atoms with E-state index in [-0.39, 0.29) is 59.7 Å². The van der Waals surface area contributed by atoms with E-state index in [0.717, 1.165) is 51.4 Å². The molecule has 2 rings (SSSR count). The maximum absolute atomic E-state index is 12.2. The number of imidazole rings is 2. The second kappa shape index (κ2) is 36.3. The van der Waals surface area contributed by atoms with E-state index >= 15 is 0 Å². The van der Waals surface area contributed by atoms with Gasteiger partial charge in [0.1, 0.15) is 36.8 Å². The van der Waals surface area contributed by atoms with Crippen LogP contribution in [0.2, 0.25) is 0 Å². The number of aromatic nitrogens is 4. The van der Waals surface area contributed by atoms with Gasteiger partial charge in [0.05, 0.1) is 13.1 Å². The number of hydrogen-bond acceptors (Lipinski definition) is 12. The number of carboxylic acids is 5. The van der Waals surface area contributed by atoms with E-state index in [1.165, 1.54) is 0 Å². The molecule has 22 nitrogen and oxygen atoms in total. The van der Waals surface area contributed by atoms with Crippen molar-refractivity contribution in [2.24, 2.45) is 0 Å². The Morgan fingerprint density at radius 1 is 0.607 bits per heavy atom. The van der Waals surface area contributed by atoms with E-state index < -0.39 is 54.4 Å². The summed E-state index contributed by atoms with van der Waals surface area (Å²) in [6.45, 7) is 7.88. The molecule has 8 N–H and O–H groups in total. The number of carbonyl (C=O) groups is 7. The molecular weight excluding hydrogens is 979 g/mol. The summed E-state index contributed by atoms with van der Waals surface area (Å²) >= 11 is 0. The van der Waals surface area contributed by atoms with Gasteiger partial charge in [0, 0.05) is 64.6 Å². The maximum atomic E-state index is 12.2. The number of carbonyl (C=O) groups excluding carboxylic acids is 4. The molecule has 0 bridgehead atoms. The summed E-state index contributed by atoms with van der Waals surface area (Å²) in [6, 6.07) is -3.81. The maximum Gasteiger partial charge on any atom is 0.326 e. The van der Waals surface area contributed by atoms with Crippen molar-refractivity contribution in [2.45, 2.75) is 128 Å². The fourth-order valence-corrected chi connectivity index (χ4v) is 5.79. The van der Waals surface area contributed by atoms with E-state index in [4.69, 9.17) is 19.8 Å². The molecule has 0 aliphatic carbocycles. The molecule has 0 aromatic carbocycles. The van der Waals surface area contributed by atoms with Crippen molar-refractivity contribution in [2.75, 3.05) is 13.1 Å². The van der Waals surface area contributed by atoms with Crippen LogP contribution < -0.4 is 16.0 Å². The van der Waals surface area contributed by atoms with Crippen LogP contribution in [-0.2, 0) is 85.0 Å². The van der Waals surface area contributed by atoms with Crippen LogP contribution in [0.4, 0.5) is 4.79 Å². The quantitative estimate of drug-likeness (QED) is 0.0304. The smallest absolute Gasteiger partial charge is 0.326 e. The summed E-state index contributed by atoms with van der Waals surface area (Å²) in [6.07, 6.45) is 14.3. The van der Waals surface area contributed by atoms with Crippen LogP contribution in [-0.4, -0.2) is 130 Å². The van der Waals surface area contributed by atoms with Crippen molar-refractivity contribution in [1.29, 1.82) is 0 Å². The average molecular weight is 1040 g/mol. The Hall–Kier alpha value is -5.53. The summed E-state index contributed by atoms with van der Waals surface area (Å²) in [5.41, 5.74) is 0. The van der Waals surface area contributed by atoms with Crippen molar-refractivity contribution in [3.63, 3.8) is 0 Å². The van der Waals surface area contributed by atoms with Gasteiger partial charge in [-0.1, -0.05) is 38.5 Å². The number of rotatable bonds is 31. The second-order valence-corrected chi connectivity index (χ2v) is 13.2. The van der Waals surface area contributed by atoms with E-state index in [2.05, 4.69) is 44.4 Å². The zero-order valence-corrected chi connectivity index (χ0v) is 37.0. The molecule has 2 aromatic rings. The van der Waals surface area contributed by atoms with E-state index in [0.29, 0.717) is 57.1 Å². The molecule has 0 saturated carbocycles. The predicted molar refractivity (Wildman–Crippen MR) is 214 cm³/mol. The van der Waals surface area contributed by atoms with Gasteiger partial charge in [-0.2, -0.15) is 0 Å². The van der Waals surface area contributed by atoms with Crippen LogP contribution in [0.15, 0.2) is 24.8 Å². The second-order valence-electron chi connectivity index (χ2n) is 13.2. The molecule has 2 aromatic heterocycles. The summed E-state index contributed by atoms with van der Waals surface area (Å²) in [4.78, 5) is 107. The topological polar surface area (TPSA) is 330 Å². The Bertz CT molecular complexity index is 1530. The van der Waals surface area contributed by atoms with Gasteiger partial charge in [0.2, 0.25) is 5.91 Å². The monoisotopic (exact) mass is 1040 g/mol. The Kier molecular flexibility index (Phi) is 35.6. The first kappa shape index (κ1) is 59.8. The van der Waals surface area contributed by atoms with E-state index in [1.54, 1.807) is 33.9 Å². The predicted octanol–water partition coefficient (Wildman–Crippen LogP) is 2.02. The standard InChI is InChI=1S/C35H54N8O12.2CHO.CH3.Re/c44-29(38-15-9-8-11-25(33(51)52)39-35(55)40-26(34(53)54)13-14-30(45)46)12-7-5-3-1-2-4-6-10-18-41(21-27-36-16-19-42(27)23-31(47)48)22-28-37-17-20-43(28)24-32(49)50;2*1-2;;/h16-17,19-20,25-26H,1-15,18,21-24H2,(H,38,44)(H,45,46)(H,47,48)(H,49,50)(H,51,52)(H,53,54)(H2,39,40,55);2*1H;1H3;/q;3*-1;/t25-,26-;;;;/m0..../s1. The number of amides is 3. The minimum absolute atomic E-state index is 0. The summed E-state index contributed by atoms with van der Waals surface area (Å²) < 4.78 is 3.15. The van der Waals surface area contributed by atoms with Crippen LogP contribution in [0.5, 0.6) is 0 Å². The number of urea groups is 1. The molecule has 345 valence electrons. The molecule has 2 heterocycles. The fraction of sp³-hybridized carbons (Fsp3) is 0.579. The van der Waals surface area contributed by atoms with Gasteiger partial charge < -0.3 is 67.6 Å². The number of carboxylic acid groups (broad SMARTS) is 5. The first-order valence-electron chi connectivity index (χ1n) is 18.9. The fourth-order valence-electron chi connectivity index (χ4n) is 5.79. The Balaban J connectivity index is -0.00000543. The van der Waals surface area contributed by atoms with Gasteiger partial charge in [-0.3, -0.25) is 37.7 Å². The molecule has 0 saturated heterocycles. The van der Waals surface area contributed by atoms with Gasteiger partial charge in [0.25, 0.3) is 0 Å². The first-order valence-corrected chi connectivity index (χ1v) is 18.9. The molecule has 61 heavy (non-hydrogen) atoms. The molecular formula is C38H59N8O14Re-3. The van der Waals surface area contributed by atoms with Crippen molar-refractivity contribution in [3.8, 4) is 0 Å². The van der Waals surface area contributed by atoms with Crippen LogP contribution >= 0.6 is 0 Å². The molecule has 3 amide bonds. The van der Waals surface area contributed by atoms with Crippen LogP contribution in [0, 0.1) is 7.43 Å². The zero-order valence-electron chi connectivity index (χ0n) is 34.3. The largest absolute Gasteiger partial charge is 0.545 e. The van der Waals surface area contributed by atoms with Gasteiger partial charge in [-0.25, -0.2) is 24.4 Å². The molecule has 2 atom stereocenters. The number of hydrogen-bond donors (Lipinski definition) is 8. The summed E-state index contributed by atoms with van der Waals surface area (Å²) in [7, 11) is 0. The summed E-state index contributed by atoms with van der Waals surface area (Å²) in [5, 5.41) is 52.8. The molecule has 0 spiro atoms. The number of nitrogens with one attached hydrogen (secondary N) is 3. The third-order valence-corrected chi connectivity index (χ3v) is 8.67. The molecule has 0 unspecified atom stereocenters. The zero-order chi connectivity index (χ0) is 44.6. The third-order valence-electron chi connectivity index (χ3n) is 8.67. The van der Waals surface area contributed by atoms with Gasteiger partial charge >= 0.3 is 35.9 Å². The van der Waals surface area contributed by atoms with E-state index in [9.17, 15) is 48.9 Å². The molecule has 23 heteroatoms. The first-order chi connectivity index (χ1) is 28.2. The van der Waals surface area contributed by atoms with Crippen molar-refractivity contribution in [1.82, 2.24) is 40.0 Å². The summed E-state index contributed by atoms with van der Waals surface area (Å²) in [5.74, 6) is -4.83. The number of nitrogens with zero attached hydrogens (tertiary/aromatic N) is 5. The van der Waals surface area contributed by atoms with Crippen LogP contribution in [0.3, 0.4) is 0 Å². The third kappa shape index (κ3) is 28.6.